The number of allylic oxidation sites excluding steroid dienone is 22. The summed E-state index contributed by atoms with van der Waals surface area (Å²) in [5.74, 6) is -0.922. The molecule has 0 amide bonds. The molecule has 0 saturated carbocycles. The lowest BCUT2D eigenvalue weighted by Gasteiger charge is -2.18. The molecule has 6 nitrogen and oxygen atoms in total. The van der Waals surface area contributed by atoms with E-state index in [0.29, 0.717) is 19.3 Å². The van der Waals surface area contributed by atoms with E-state index in [2.05, 4.69) is 154 Å². The molecule has 430 valence electrons. The van der Waals surface area contributed by atoms with Gasteiger partial charge in [0, 0.05) is 19.3 Å². The van der Waals surface area contributed by atoms with Gasteiger partial charge < -0.3 is 14.2 Å². The van der Waals surface area contributed by atoms with Crippen LogP contribution in [0.3, 0.4) is 0 Å². The number of rotatable bonds is 55. The zero-order valence-corrected chi connectivity index (χ0v) is 49.2. The third-order valence-corrected chi connectivity index (χ3v) is 12.9. The largest absolute Gasteiger partial charge is 0.462 e. The van der Waals surface area contributed by atoms with Gasteiger partial charge in [-0.25, -0.2) is 0 Å². The van der Waals surface area contributed by atoms with Crippen molar-refractivity contribution in [1.29, 1.82) is 0 Å². The maximum atomic E-state index is 12.8. The van der Waals surface area contributed by atoms with Gasteiger partial charge in [0.1, 0.15) is 13.2 Å². The number of hydrogen-bond acceptors (Lipinski definition) is 6. The van der Waals surface area contributed by atoms with Gasteiger partial charge >= 0.3 is 17.9 Å². The molecule has 0 aromatic heterocycles. The third kappa shape index (κ3) is 60.4. The first kappa shape index (κ1) is 71.5. The Hall–Kier alpha value is -4.45. The predicted octanol–water partition coefficient (Wildman–Crippen LogP) is 21.4. The molecule has 1 unspecified atom stereocenters. The van der Waals surface area contributed by atoms with Gasteiger partial charge in [0.2, 0.25) is 0 Å². The van der Waals surface area contributed by atoms with E-state index in [1.54, 1.807) is 0 Å². The van der Waals surface area contributed by atoms with Gasteiger partial charge in [-0.05, 0) is 116 Å². The summed E-state index contributed by atoms with van der Waals surface area (Å²) in [5, 5.41) is 0. The van der Waals surface area contributed by atoms with E-state index in [0.717, 1.165) is 141 Å². The molecular formula is C70H114O6. The highest BCUT2D eigenvalue weighted by Crippen LogP contribution is 2.15. The van der Waals surface area contributed by atoms with Gasteiger partial charge in [-0.1, -0.05) is 270 Å². The van der Waals surface area contributed by atoms with E-state index in [9.17, 15) is 14.4 Å². The van der Waals surface area contributed by atoms with Gasteiger partial charge in [0.05, 0.1) is 0 Å². The van der Waals surface area contributed by atoms with Crippen molar-refractivity contribution in [2.75, 3.05) is 13.2 Å². The first-order valence-corrected chi connectivity index (χ1v) is 31.2. The molecule has 1 atom stereocenters. The van der Waals surface area contributed by atoms with E-state index in [1.807, 2.05) is 0 Å². The summed E-state index contributed by atoms with van der Waals surface area (Å²) in [4.78, 5) is 38.1. The number of ether oxygens (including phenoxy) is 3. The highest BCUT2D eigenvalue weighted by atomic mass is 16.6. The third-order valence-electron chi connectivity index (χ3n) is 12.9. The zero-order valence-electron chi connectivity index (χ0n) is 49.2. The summed E-state index contributed by atoms with van der Waals surface area (Å²) in [5.41, 5.74) is 0. The van der Waals surface area contributed by atoms with Crippen molar-refractivity contribution in [3.8, 4) is 0 Å². The van der Waals surface area contributed by atoms with Crippen LogP contribution in [0, 0.1) is 0 Å². The summed E-state index contributed by atoms with van der Waals surface area (Å²) in [6, 6.07) is 0. The first-order valence-electron chi connectivity index (χ1n) is 31.2. The molecule has 0 aliphatic heterocycles. The minimum absolute atomic E-state index is 0.0899. The monoisotopic (exact) mass is 1050 g/mol. The second kappa shape index (κ2) is 63.1. The summed E-state index contributed by atoms with van der Waals surface area (Å²) >= 11 is 0. The number of esters is 3. The molecule has 0 aliphatic rings. The summed E-state index contributed by atoms with van der Waals surface area (Å²) in [6.07, 6.45) is 89.0. The van der Waals surface area contributed by atoms with Crippen LogP contribution in [0.15, 0.2) is 134 Å². The van der Waals surface area contributed by atoms with Crippen LogP contribution in [0.1, 0.15) is 271 Å². The maximum absolute atomic E-state index is 12.8. The lowest BCUT2D eigenvalue weighted by atomic mass is 10.0. The Morgan fingerprint density at radius 2 is 0.513 bits per heavy atom. The normalized spacial score (nSPS) is 13.0. The molecule has 0 heterocycles. The number of carbonyl (C=O) groups is 3. The minimum atomic E-state index is -0.793. The molecule has 0 N–H and O–H groups in total. The van der Waals surface area contributed by atoms with Crippen LogP contribution in [0.5, 0.6) is 0 Å². The second-order valence-corrected chi connectivity index (χ2v) is 20.2. The minimum Gasteiger partial charge on any atom is -0.462 e. The lowest BCUT2D eigenvalue weighted by Crippen LogP contribution is -2.30. The fraction of sp³-hybridized carbons (Fsp3) is 0.643. The predicted molar refractivity (Wildman–Crippen MR) is 329 cm³/mol. The lowest BCUT2D eigenvalue weighted by molar-refractivity contribution is -0.167. The highest BCUT2D eigenvalue weighted by molar-refractivity contribution is 5.71. The summed E-state index contributed by atoms with van der Waals surface area (Å²) in [6.45, 7) is 6.36. The van der Waals surface area contributed by atoms with Crippen molar-refractivity contribution in [3.05, 3.63) is 134 Å². The molecule has 76 heavy (non-hydrogen) atoms. The van der Waals surface area contributed by atoms with Crippen LogP contribution in [-0.2, 0) is 28.6 Å². The Bertz CT molecular complexity index is 1630. The molecule has 0 radical (unpaired) electrons. The molecule has 0 fully saturated rings. The van der Waals surface area contributed by atoms with Crippen molar-refractivity contribution in [2.24, 2.45) is 0 Å². The fourth-order valence-electron chi connectivity index (χ4n) is 8.30. The van der Waals surface area contributed by atoms with E-state index in [1.165, 1.54) is 89.9 Å². The van der Waals surface area contributed by atoms with E-state index >= 15 is 0 Å². The second-order valence-electron chi connectivity index (χ2n) is 20.2. The molecule has 0 aromatic rings. The van der Waals surface area contributed by atoms with Gasteiger partial charge in [0.25, 0.3) is 0 Å². The molecule has 0 aliphatic carbocycles. The SMILES string of the molecule is CC/C=C\C/C=C\C/C=C\C/C=C\C/C=C\C/C=C\C/C=C\CCCCCCCCCCCCCC(=O)OCC(COC(=O)CCCCCCCCCC)OC(=O)CCCCCC/C=C\C/C=C\C/C=C\C/C=C\CC. The maximum Gasteiger partial charge on any atom is 0.306 e. The topological polar surface area (TPSA) is 78.9 Å². The van der Waals surface area contributed by atoms with Gasteiger partial charge in [-0.2, -0.15) is 0 Å². The Balaban J connectivity index is 4.17. The highest BCUT2D eigenvalue weighted by Gasteiger charge is 2.19. The van der Waals surface area contributed by atoms with Gasteiger partial charge in [-0.15, -0.1) is 0 Å². The Morgan fingerprint density at radius 3 is 0.803 bits per heavy atom. The van der Waals surface area contributed by atoms with Crippen molar-refractivity contribution < 1.29 is 28.6 Å². The molecule has 0 rings (SSSR count). The van der Waals surface area contributed by atoms with Gasteiger partial charge in [-0.3, -0.25) is 14.4 Å². The molecule has 0 saturated heterocycles. The van der Waals surface area contributed by atoms with Crippen molar-refractivity contribution in [3.63, 3.8) is 0 Å². The number of unbranched alkanes of at least 4 members (excludes halogenated alkanes) is 22. The van der Waals surface area contributed by atoms with E-state index in [4.69, 9.17) is 14.2 Å². The van der Waals surface area contributed by atoms with Crippen LogP contribution >= 0.6 is 0 Å². The quantitative estimate of drug-likeness (QED) is 0.0261. The van der Waals surface area contributed by atoms with Crippen molar-refractivity contribution in [2.45, 2.75) is 277 Å². The standard InChI is InChI=1S/C70H114O6/c1-4-7-10-13-16-19-21-23-25-27-28-29-30-31-32-33-34-35-36-37-38-39-40-41-42-44-45-47-49-51-54-57-60-63-69(72)75-66-67(65-74-68(71)62-59-56-53-18-15-12-9-6-3)76-70(73)64-61-58-55-52-50-48-46-43-26-24-22-20-17-14-11-8-5-2/h7-8,10-11,16-17,19-20,23-26,28-29,31-32,34-35,37-38,46,48,67H,4-6,9,12-15,18,21-22,27,30,33,36,39-45,47,49-66H2,1-3H3/b10-7-,11-8-,19-16-,20-17-,25-23-,26-24-,29-28-,32-31-,35-34-,38-37-,48-46-. The van der Waals surface area contributed by atoms with Crippen molar-refractivity contribution >= 4 is 17.9 Å². The molecular weight excluding hydrogens is 937 g/mol. The average molecular weight is 1050 g/mol. The number of carbonyl (C=O) groups excluding carboxylic acids is 3. The summed E-state index contributed by atoms with van der Waals surface area (Å²) in [7, 11) is 0. The smallest absolute Gasteiger partial charge is 0.306 e. The van der Waals surface area contributed by atoms with Crippen LogP contribution in [0.2, 0.25) is 0 Å². The number of hydrogen-bond donors (Lipinski definition) is 0. The van der Waals surface area contributed by atoms with Crippen molar-refractivity contribution in [1.82, 2.24) is 0 Å². The molecule has 0 aromatic carbocycles. The van der Waals surface area contributed by atoms with E-state index in [-0.39, 0.29) is 31.1 Å². The van der Waals surface area contributed by atoms with Gasteiger partial charge in [0.15, 0.2) is 6.10 Å². The molecule has 0 spiro atoms. The van der Waals surface area contributed by atoms with Crippen LogP contribution in [0.25, 0.3) is 0 Å². The first-order chi connectivity index (χ1) is 37.5. The fourth-order valence-corrected chi connectivity index (χ4v) is 8.30. The molecule has 0 bridgehead atoms. The molecule has 6 heteroatoms. The van der Waals surface area contributed by atoms with Crippen LogP contribution < -0.4 is 0 Å². The Labute approximate surface area is 468 Å². The Morgan fingerprint density at radius 1 is 0.276 bits per heavy atom. The Kier molecular flexibility index (Phi) is 59.4. The zero-order chi connectivity index (χ0) is 55.0. The summed E-state index contributed by atoms with van der Waals surface area (Å²) < 4.78 is 16.8. The van der Waals surface area contributed by atoms with Crippen LogP contribution in [0.4, 0.5) is 0 Å². The average Bonchev–Trinajstić information content (AvgIpc) is 3.42. The van der Waals surface area contributed by atoms with Crippen LogP contribution in [-0.4, -0.2) is 37.2 Å². The van der Waals surface area contributed by atoms with E-state index < -0.39 is 6.10 Å².